The number of aromatic hydroxyl groups is 2. The van der Waals surface area contributed by atoms with Gasteiger partial charge in [0.25, 0.3) is 0 Å². The van der Waals surface area contributed by atoms with Crippen LogP contribution in [0.5, 0.6) is 11.5 Å². The van der Waals surface area contributed by atoms with Crippen LogP contribution in [0.15, 0.2) is 84.9 Å². The zero-order valence-electron chi connectivity index (χ0n) is 21.5. The van der Waals surface area contributed by atoms with E-state index in [1.54, 1.807) is 24.3 Å². The molecule has 4 aromatic rings. The van der Waals surface area contributed by atoms with Gasteiger partial charge in [-0.15, -0.1) is 0 Å². The van der Waals surface area contributed by atoms with Gasteiger partial charge in [0.2, 0.25) is 0 Å². The van der Waals surface area contributed by atoms with Crippen molar-refractivity contribution in [2.45, 2.75) is 57.8 Å². The first-order valence-corrected chi connectivity index (χ1v) is 12.3. The molecule has 4 aromatic carbocycles. The second kappa shape index (κ2) is 7.75. The molecule has 5 rings (SSSR count). The average molecular weight is 463 g/mol. The van der Waals surface area contributed by atoms with Crippen LogP contribution in [0, 0.1) is 0 Å². The molecule has 1 aliphatic carbocycles. The lowest BCUT2D eigenvalue weighted by Crippen LogP contribution is -2.29. The van der Waals surface area contributed by atoms with E-state index in [0.717, 1.165) is 11.1 Å². The molecular formula is C33H34O2. The number of benzene rings is 4. The first-order chi connectivity index (χ1) is 16.4. The summed E-state index contributed by atoms with van der Waals surface area (Å²) in [5.74, 6) is 0.500. The van der Waals surface area contributed by atoms with Crippen molar-refractivity contribution in [3.8, 4) is 22.6 Å². The van der Waals surface area contributed by atoms with E-state index in [4.69, 9.17) is 0 Å². The van der Waals surface area contributed by atoms with Crippen molar-refractivity contribution in [3.05, 3.63) is 118 Å². The number of phenols is 2. The molecule has 178 valence electrons. The van der Waals surface area contributed by atoms with Crippen LogP contribution >= 0.6 is 0 Å². The van der Waals surface area contributed by atoms with Crippen molar-refractivity contribution >= 4 is 0 Å². The van der Waals surface area contributed by atoms with Crippen molar-refractivity contribution in [1.29, 1.82) is 0 Å². The van der Waals surface area contributed by atoms with Crippen LogP contribution in [0.3, 0.4) is 0 Å². The van der Waals surface area contributed by atoms with Crippen LogP contribution < -0.4 is 0 Å². The van der Waals surface area contributed by atoms with E-state index in [1.807, 2.05) is 24.3 Å². The zero-order valence-corrected chi connectivity index (χ0v) is 21.5. The predicted molar refractivity (Wildman–Crippen MR) is 144 cm³/mol. The third kappa shape index (κ3) is 3.63. The van der Waals surface area contributed by atoms with E-state index in [1.165, 1.54) is 33.4 Å². The van der Waals surface area contributed by atoms with Crippen LogP contribution in [0.1, 0.15) is 74.9 Å². The van der Waals surface area contributed by atoms with Gasteiger partial charge in [-0.3, -0.25) is 0 Å². The van der Waals surface area contributed by atoms with Gasteiger partial charge in [-0.2, -0.15) is 0 Å². The molecule has 0 spiro atoms. The Morgan fingerprint density at radius 3 is 1.14 bits per heavy atom. The third-order valence-corrected chi connectivity index (χ3v) is 7.47. The van der Waals surface area contributed by atoms with E-state index < -0.39 is 5.41 Å². The Kier molecular flexibility index (Phi) is 5.14. The maximum Gasteiger partial charge on any atom is 0.115 e. The predicted octanol–water partition coefficient (Wildman–Crippen LogP) is 8.06. The van der Waals surface area contributed by atoms with Crippen molar-refractivity contribution < 1.29 is 10.2 Å². The van der Waals surface area contributed by atoms with Gasteiger partial charge in [0, 0.05) is 0 Å². The lowest BCUT2D eigenvalue weighted by atomic mass is 9.66. The highest BCUT2D eigenvalue weighted by molar-refractivity contribution is 5.87. The Balaban J connectivity index is 1.96. The maximum atomic E-state index is 10.1. The highest BCUT2D eigenvalue weighted by Gasteiger charge is 2.47. The van der Waals surface area contributed by atoms with Crippen LogP contribution in [-0.2, 0) is 16.2 Å². The van der Waals surface area contributed by atoms with Gasteiger partial charge in [-0.05, 0) is 79.6 Å². The monoisotopic (exact) mass is 462 g/mol. The van der Waals surface area contributed by atoms with Crippen molar-refractivity contribution in [2.75, 3.05) is 0 Å². The molecule has 0 unspecified atom stereocenters. The Bertz CT molecular complexity index is 1280. The van der Waals surface area contributed by atoms with Gasteiger partial charge in [-0.25, -0.2) is 0 Å². The summed E-state index contributed by atoms with van der Waals surface area (Å²) in [5, 5.41) is 20.3. The van der Waals surface area contributed by atoms with Gasteiger partial charge in [0.05, 0.1) is 5.41 Å². The molecule has 0 amide bonds. The van der Waals surface area contributed by atoms with Crippen LogP contribution in [-0.4, -0.2) is 10.2 Å². The highest BCUT2D eigenvalue weighted by atomic mass is 16.3. The van der Waals surface area contributed by atoms with E-state index >= 15 is 0 Å². The fraction of sp³-hybridized carbons (Fsp3) is 0.273. The molecule has 35 heavy (non-hydrogen) atoms. The number of hydrogen-bond acceptors (Lipinski definition) is 2. The summed E-state index contributed by atoms with van der Waals surface area (Å²) in [6.45, 7) is 13.5. The number of phenolic OH excluding ortho intramolecular Hbond substituents is 2. The number of fused-ring (bicyclic) bond motifs is 3. The van der Waals surface area contributed by atoms with Crippen molar-refractivity contribution in [2.24, 2.45) is 0 Å². The normalized spacial score (nSPS) is 14.5. The molecule has 0 saturated heterocycles. The van der Waals surface area contributed by atoms with Crippen LogP contribution in [0.2, 0.25) is 0 Å². The summed E-state index contributed by atoms with van der Waals surface area (Å²) in [5.41, 5.74) is 9.11. The minimum atomic E-state index is -0.575. The van der Waals surface area contributed by atoms with E-state index in [0.29, 0.717) is 0 Å². The van der Waals surface area contributed by atoms with Crippen LogP contribution in [0.25, 0.3) is 11.1 Å². The second-order valence-electron chi connectivity index (χ2n) is 11.9. The lowest BCUT2D eigenvalue weighted by molar-refractivity contribution is 0.474. The molecule has 0 heterocycles. The standard InChI is InChI=1S/C33H34O2/c1-31(2,3)23-11-17-27-28-18-12-24(32(4,5)6)20-30(28)33(29(27)19-23,21-7-13-25(34)14-8-21)22-9-15-26(35)16-10-22/h7-20,34-35H,1-6H3. The van der Waals surface area contributed by atoms with E-state index in [9.17, 15) is 10.2 Å². The highest BCUT2D eigenvalue weighted by Crippen LogP contribution is 2.57. The quantitative estimate of drug-likeness (QED) is 0.278. The molecule has 0 aliphatic heterocycles. The molecule has 0 atom stereocenters. The molecule has 0 radical (unpaired) electrons. The Labute approximate surface area is 208 Å². The molecule has 0 fully saturated rings. The first kappa shape index (κ1) is 23.2. The Morgan fingerprint density at radius 2 is 0.829 bits per heavy atom. The SMILES string of the molecule is CC(C)(C)c1ccc2c(c1)C(c1ccc(O)cc1)(c1ccc(O)cc1)c1cc(C(C)(C)C)ccc1-2. The summed E-state index contributed by atoms with van der Waals surface area (Å²) in [7, 11) is 0. The largest absolute Gasteiger partial charge is 0.508 e. The van der Waals surface area contributed by atoms with Crippen LogP contribution in [0.4, 0.5) is 0 Å². The molecular weight excluding hydrogens is 428 g/mol. The number of rotatable bonds is 2. The summed E-state index contributed by atoms with van der Waals surface area (Å²) in [6, 6.07) is 29.0. The minimum Gasteiger partial charge on any atom is -0.508 e. The summed E-state index contributed by atoms with van der Waals surface area (Å²) < 4.78 is 0. The third-order valence-electron chi connectivity index (χ3n) is 7.47. The average Bonchev–Trinajstić information content (AvgIpc) is 3.09. The lowest BCUT2D eigenvalue weighted by Gasteiger charge is -2.35. The fourth-order valence-electron chi connectivity index (χ4n) is 5.47. The van der Waals surface area contributed by atoms with Crippen molar-refractivity contribution in [1.82, 2.24) is 0 Å². The molecule has 0 saturated carbocycles. The first-order valence-electron chi connectivity index (χ1n) is 12.3. The molecule has 2 N–H and O–H groups in total. The zero-order chi connectivity index (χ0) is 25.2. The second-order valence-corrected chi connectivity index (χ2v) is 11.9. The van der Waals surface area contributed by atoms with Crippen molar-refractivity contribution in [3.63, 3.8) is 0 Å². The summed E-state index contributed by atoms with van der Waals surface area (Å²) in [4.78, 5) is 0. The smallest absolute Gasteiger partial charge is 0.115 e. The Hall–Kier alpha value is -3.52. The van der Waals surface area contributed by atoms with Gasteiger partial charge >= 0.3 is 0 Å². The van der Waals surface area contributed by atoms with Gasteiger partial charge in [-0.1, -0.05) is 102 Å². The van der Waals surface area contributed by atoms with E-state index in [2.05, 4.69) is 77.9 Å². The molecule has 1 aliphatic rings. The summed E-state index contributed by atoms with van der Waals surface area (Å²) >= 11 is 0. The topological polar surface area (TPSA) is 40.5 Å². The minimum absolute atomic E-state index is 0.00394. The van der Waals surface area contributed by atoms with Gasteiger partial charge < -0.3 is 10.2 Å². The molecule has 2 nitrogen and oxygen atoms in total. The van der Waals surface area contributed by atoms with E-state index in [-0.39, 0.29) is 22.3 Å². The molecule has 0 aromatic heterocycles. The number of hydrogen-bond donors (Lipinski definition) is 2. The Morgan fingerprint density at radius 1 is 0.486 bits per heavy atom. The fourth-order valence-corrected chi connectivity index (χ4v) is 5.47. The summed E-state index contributed by atoms with van der Waals surface area (Å²) in [6.07, 6.45) is 0. The molecule has 0 bridgehead atoms. The van der Waals surface area contributed by atoms with Gasteiger partial charge in [0.1, 0.15) is 11.5 Å². The van der Waals surface area contributed by atoms with Gasteiger partial charge in [0.15, 0.2) is 0 Å². The maximum absolute atomic E-state index is 10.1. The molecule has 2 heteroatoms.